The van der Waals surface area contributed by atoms with Crippen molar-refractivity contribution in [3.05, 3.63) is 78.4 Å². The zero-order chi connectivity index (χ0) is 26.2. The molecule has 1 aliphatic heterocycles. The highest BCUT2D eigenvalue weighted by Gasteiger charge is 2.47. The quantitative estimate of drug-likeness (QED) is 0.390. The highest BCUT2D eigenvalue weighted by atomic mass is 32.1. The molecule has 0 bridgehead atoms. The highest BCUT2D eigenvalue weighted by molar-refractivity contribution is 7.80. The second-order valence-corrected chi connectivity index (χ2v) is 10.7. The van der Waals surface area contributed by atoms with E-state index in [0.29, 0.717) is 23.0 Å². The van der Waals surface area contributed by atoms with Crippen LogP contribution < -0.4 is 19.7 Å². The summed E-state index contributed by atoms with van der Waals surface area (Å²) in [5, 5.41) is 3.89. The predicted octanol–water partition coefficient (Wildman–Crippen LogP) is 6.74. The van der Waals surface area contributed by atoms with Gasteiger partial charge < -0.3 is 19.7 Å². The topological polar surface area (TPSA) is 63.2 Å². The van der Waals surface area contributed by atoms with E-state index in [1.165, 1.54) is 0 Å². The predicted molar refractivity (Wildman–Crippen MR) is 152 cm³/mol. The van der Waals surface area contributed by atoms with Crippen molar-refractivity contribution < 1.29 is 14.3 Å². The van der Waals surface area contributed by atoms with Crippen LogP contribution in [0.4, 0.5) is 17.1 Å². The molecule has 0 aromatic heterocycles. The van der Waals surface area contributed by atoms with Gasteiger partial charge in [-0.05, 0) is 66.0 Å². The van der Waals surface area contributed by atoms with E-state index < -0.39 is 12.0 Å². The number of anilines is 2. The van der Waals surface area contributed by atoms with Crippen molar-refractivity contribution in [3.8, 4) is 11.5 Å². The summed E-state index contributed by atoms with van der Waals surface area (Å²) in [7, 11) is 3.23. The molecule has 190 valence electrons. The van der Waals surface area contributed by atoms with Gasteiger partial charge in [0.2, 0.25) is 0 Å². The average Bonchev–Trinajstić information content (AvgIpc) is 3.02. The minimum atomic E-state index is -0.464. The number of benzene rings is 3. The Morgan fingerprint density at radius 1 is 0.973 bits per heavy atom. The van der Waals surface area contributed by atoms with Crippen molar-refractivity contribution in [2.45, 2.75) is 32.7 Å². The van der Waals surface area contributed by atoms with Crippen LogP contribution in [0, 0.1) is 11.3 Å². The van der Waals surface area contributed by atoms with Gasteiger partial charge in [-0.2, -0.15) is 0 Å². The number of methoxy groups -OCH3 is 2. The molecular weight excluding hydrogens is 482 g/mol. The fraction of sp³-hybridized carbons (Fsp3) is 0.300. The van der Waals surface area contributed by atoms with E-state index in [-0.39, 0.29) is 11.2 Å². The first-order valence-corrected chi connectivity index (χ1v) is 12.8. The standard InChI is InChI=1S/C30H31N3O3S/c1-30(2)17-22-27(24(34)18-30)28(19-14-15-25(35-3)26(16-19)36-4)33(23-13-9-8-12-21(23)32-22)29(37)31-20-10-6-5-7-11-20/h5-16,27-28H,17-18H2,1-4H3,(H,31,37). The lowest BCUT2D eigenvalue weighted by Crippen LogP contribution is -2.48. The maximum atomic E-state index is 13.9. The maximum absolute atomic E-state index is 13.9. The van der Waals surface area contributed by atoms with Gasteiger partial charge in [-0.3, -0.25) is 9.79 Å². The van der Waals surface area contributed by atoms with Crippen LogP contribution in [0.25, 0.3) is 0 Å². The summed E-state index contributed by atoms with van der Waals surface area (Å²) < 4.78 is 11.1. The van der Waals surface area contributed by atoms with Crippen LogP contribution in [-0.2, 0) is 4.79 Å². The average molecular weight is 514 g/mol. The number of rotatable bonds is 4. The van der Waals surface area contributed by atoms with Crippen LogP contribution in [-0.4, -0.2) is 30.8 Å². The maximum Gasteiger partial charge on any atom is 0.178 e. The van der Waals surface area contributed by atoms with Crippen LogP contribution in [0.5, 0.6) is 11.5 Å². The molecule has 0 amide bonds. The molecule has 1 saturated carbocycles. The Balaban J connectivity index is 1.72. The highest BCUT2D eigenvalue weighted by Crippen LogP contribution is 2.49. The fourth-order valence-corrected chi connectivity index (χ4v) is 5.76. The summed E-state index contributed by atoms with van der Waals surface area (Å²) >= 11 is 6.05. The lowest BCUT2D eigenvalue weighted by atomic mass is 9.68. The van der Waals surface area contributed by atoms with Crippen molar-refractivity contribution >= 4 is 45.9 Å². The van der Waals surface area contributed by atoms with E-state index in [9.17, 15) is 4.79 Å². The second-order valence-electron chi connectivity index (χ2n) is 10.3. The minimum absolute atomic E-state index is 0.162. The molecule has 37 heavy (non-hydrogen) atoms. The fourth-order valence-electron chi connectivity index (χ4n) is 5.43. The molecule has 5 rings (SSSR count). The Labute approximate surface area is 223 Å². The molecule has 1 aliphatic carbocycles. The molecule has 1 N–H and O–H groups in total. The Morgan fingerprint density at radius 2 is 1.68 bits per heavy atom. The van der Waals surface area contributed by atoms with Gasteiger partial charge in [0.1, 0.15) is 5.78 Å². The zero-order valence-electron chi connectivity index (χ0n) is 21.5. The number of hydrogen-bond donors (Lipinski definition) is 1. The number of Topliss-reactive ketones (excluding diaryl/α,β-unsaturated/α-hetero) is 1. The van der Waals surface area contributed by atoms with Crippen LogP contribution in [0.15, 0.2) is 77.8 Å². The number of hydrogen-bond acceptors (Lipinski definition) is 5. The van der Waals surface area contributed by atoms with Crippen molar-refractivity contribution in [3.63, 3.8) is 0 Å². The summed E-state index contributed by atoms with van der Waals surface area (Å²) in [6.07, 6.45) is 1.21. The molecule has 2 aliphatic rings. The zero-order valence-corrected chi connectivity index (χ0v) is 22.3. The van der Waals surface area contributed by atoms with Crippen molar-refractivity contribution in [1.82, 2.24) is 0 Å². The van der Waals surface area contributed by atoms with Gasteiger partial charge in [0, 0.05) is 17.8 Å². The molecule has 3 aromatic rings. The second kappa shape index (κ2) is 9.98. The molecule has 0 spiro atoms. The molecule has 0 radical (unpaired) electrons. The van der Waals surface area contributed by atoms with Crippen molar-refractivity contribution in [2.24, 2.45) is 16.3 Å². The summed E-state index contributed by atoms with van der Waals surface area (Å²) in [5.74, 6) is 0.924. The number of thiocarbonyl (C=S) groups is 1. The SMILES string of the molecule is COc1ccc(C2C3C(=O)CC(C)(C)CC3=Nc3ccccc3N2C(=S)Nc2ccccc2)cc1OC. The van der Waals surface area contributed by atoms with Gasteiger partial charge in [-0.1, -0.05) is 50.2 Å². The molecule has 6 nitrogen and oxygen atoms in total. The number of nitrogens with zero attached hydrogens (tertiary/aromatic N) is 2. The van der Waals surface area contributed by atoms with E-state index in [1.807, 2.05) is 72.8 Å². The molecule has 1 heterocycles. The first kappa shape index (κ1) is 25.0. The van der Waals surface area contributed by atoms with E-state index in [1.54, 1.807) is 14.2 Å². The lowest BCUT2D eigenvalue weighted by molar-refractivity contribution is -0.124. The lowest BCUT2D eigenvalue weighted by Gasteiger charge is -2.41. The molecule has 7 heteroatoms. The Hall–Kier alpha value is -3.71. The van der Waals surface area contributed by atoms with E-state index in [4.69, 9.17) is 26.7 Å². The smallest absolute Gasteiger partial charge is 0.178 e. The van der Waals surface area contributed by atoms with Crippen LogP contribution >= 0.6 is 12.2 Å². The normalized spacial score (nSPS) is 20.2. The van der Waals surface area contributed by atoms with Crippen LogP contribution in [0.1, 0.15) is 38.3 Å². The molecule has 1 fully saturated rings. The Bertz CT molecular complexity index is 1370. The van der Waals surface area contributed by atoms with E-state index in [2.05, 4.69) is 24.1 Å². The number of fused-ring (bicyclic) bond motifs is 2. The summed E-state index contributed by atoms with van der Waals surface area (Å²) in [4.78, 5) is 21.1. The minimum Gasteiger partial charge on any atom is -0.493 e. The van der Waals surface area contributed by atoms with E-state index in [0.717, 1.165) is 34.8 Å². The van der Waals surface area contributed by atoms with Gasteiger partial charge in [0.25, 0.3) is 0 Å². The molecule has 2 unspecified atom stereocenters. The molecule has 2 atom stereocenters. The number of ketones is 1. The van der Waals surface area contributed by atoms with Crippen LogP contribution in [0.3, 0.4) is 0 Å². The largest absolute Gasteiger partial charge is 0.493 e. The van der Waals surface area contributed by atoms with Crippen molar-refractivity contribution in [1.29, 1.82) is 0 Å². The van der Waals surface area contributed by atoms with Crippen LogP contribution in [0.2, 0.25) is 0 Å². The van der Waals surface area contributed by atoms with E-state index >= 15 is 0 Å². The summed E-state index contributed by atoms with van der Waals surface area (Å²) in [6.45, 7) is 4.26. The van der Waals surface area contributed by atoms with Gasteiger partial charge in [-0.25, -0.2) is 0 Å². The first-order chi connectivity index (χ1) is 17.8. The Kier molecular flexibility index (Phi) is 6.73. The number of nitrogens with one attached hydrogen (secondary N) is 1. The third kappa shape index (κ3) is 4.83. The van der Waals surface area contributed by atoms with Gasteiger partial charge in [-0.15, -0.1) is 0 Å². The summed E-state index contributed by atoms with van der Waals surface area (Å²) in [5.41, 5.74) is 4.14. The number of aliphatic imine (C=N–C) groups is 1. The first-order valence-electron chi connectivity index (χ1n) is 12.4. The molecule has 0 saturated heterocycles. The van der Waals surface area contributed by atoms with Crippen molar-refractivity contribution in [2.75, 3.05) is 24.4 Å². The van der Waals surface area contributed by atoms with Gasteiger partial charge >= 0.3 is 0 Å². The van der Waals surface area contributed by atoms with Gasteiger partial charge in [0.15, 0.2) is 16.6 Å². The third-order valence-corrected chi connectivity index (χ3v) is 7.31. The monoisotopic (exact) mass is 513 g/mol. The number of ether oxygens (including phenoxy) is 2. The van der Waals surface area contributed by atoms with Gasteiger partial charge in [0.05, 0.1) is 37.6 Å². The summed E-state index contributed by atoms with van der Waals surface area (Å²) in [6, 6.07) is 23.2. The number of carbonyl (C=O) groups excluding carboxylic acids is 1. The Morgan fingerprint density at radius 3 is 2.41 bits per heavy atom. The molecule has 3 aromatic carbocycles. The number of para-hydroxylation sites is 3. The molecular formula is C30H31N3O3S. The third-order valence-electron chi connectivity index (χ3n) is 7.01. The number of carbonyl (C=O) groups is 1.